The van der Waals surface area contributed by atoms with Crippen molar-refractivity contribution in [3.8, 4) is 11.8 Å². The van der Waals surface area contributed by atoms with E-state index >= 15 is 0 Å². The lowest BCUT2D eigenvalue weighted by atomic mass is 9.52. The summed E-state index contributed by atoms with van der Waals surface area (Å²) in [5.74, 6) is -3.70. The molecule has 2 saturated carbocycles. The Hall–Kier alpha value is -2.85. The number of hydrogen-bond acceptors (Lipinski definition) is 6. The van der Waals surface area contributed by atoms with Crippen LogP contribution in [0.5, 0.6) is 11.8 Å². The molecule has 8 nitrogen and oxygen atoms in total. The first kappa shape index (κ1) is 23.3. The number of carbonyl (C=O) groups is 3. The van der Waals surface area contributed by atoms with Crippen LogP contribution in [0.2, 0.25) is 0 Å². The second-order valence-electron chi connectivity index (χ2n) is 9.46. The Balaban J connectivity index is 1.32. The SMILES string of the molecule is COc1ccc(C(N)=O)c(OC2CC3(C2)CC(N2C(=O)C[C@@H](CC(C)C(F)(F)F)C2=O)C3)n1. The molecule has 0 bridgehead atoms. The molecular weight excluding hydrogens is 443 g/mol. The van der Waals surface area contributed by atoms with E-state index in [1.807, 2.05) is 0 Å². The molecule has 2 aliphatic carbocycles. The summed E-state index contributed by atoms with van der Waals surface area (Å²) in [6.45, 7) is 1.04. The molecule has 3 aliphatic rings. The molecule has 180 valence electrons. The van der Waals surface area contributed by atoms with Gasteiger partial charge in [0.2, 0.25) is 23.6 Å². The van der Waals surface area contributed by atoms with Crippen molar-refractivity contribution in [3.63, 3.8) is 0 Å². The number of likely N-dealkylation sites (tertiary alicyclic amines) is 1. The van der Waals surface area contributed by atoms with Crippen LogP contribution in [0.15, 0.2) is 12.1 Å². The molecule has 1 unspecified atom stereocenters. The van der Waals surface area contributed by atoms with Crippen LogP contribution < -0.4 is 15.2 Å². The maximum Gasteiger partial charge on any atom is 0.391 e. The number of nitrogens with two attached hydrogens (primary N) is 1. The van der Waals surface area contributed by atoms with Crippen molar-refractivity contribution in [2.24, 2.45) is 23.0 Å². The third kappa shape index (κ3) is 4.37. The fraction of sp³-hybridized carbons (Fsp3) is 0.636. The zero-order chi connectivity index (χ0) is 24.1. The Morgan fingerprint density at radius 3 is 2.52 bits per heavy atom. The molecule has 4 rings (SSSR count). The second-order valence-corrected chi connectivity index (χ2v) is 9.46. The van der Waals surface area contributed by atoms with E-state index < -0.39 is 35.7 Å². The molecule has 2 heterocycles. The van der Waals surface area contributed by atoms with Crippen LogP contribution in [-0.4, -0.2) is 53.0 Å². The predicted octanol–water partition coefficient (Wildman–Crippen LogP) is 2.84. The number of hydrogen-bond donors (Lipinski definition) is 1. The van der Waals surface area contributed by atoms with Gasteiger partial charge < -0.3 is 15.2 Å². The van der Waals surface area contributed by atoms with Gasteiger partial charge in [-0.05, 0) is 43.6 Å². The molecule has 2 atom stereocenters. The Labute approximate surface area is 188 Å². The minimum Gasteiger partial charge on any atom is -0.481 e. The molecule has 33 heavy (non-hydrogen) atoms. The van der Waals surface area contributed by atoms with E-state index in [4.69, 9.17) is 15.2 Å². The van der Waals surface area contributed by atoms with E-state index in [9.17, 15) is 27.6 Å². The first-order valence-corrected chi connectivity index (χ1v) is 10.9. The molecule has 3 fully saturated rings. The molecule has 0 radical (unpaired) electrons. The summed E-state index contributed by atoms with van der Waals surface area (Å²) in [4.78, 5) is 42.0. The minimum absolute atomic E-state index is 0.0843. The monoisotopic (exact) mass is 469 g/mol. The topological polar surface area (TPSA) is 112 Å². The molecule has 11 heteroatoms. The second kappa shape index (κ2) is 8.18. The number of amides is 3. The van der Waals surface area contributed by atoms with Gasteiger partial charge >= 0.3 is 6.18 Å². The van der Waals surface area contributed by atoms with Crippen LogP contribution in [0.1, 0.15) is 55.8 Å². The van der Waals surface area contributed by atoms with E-state index in [1.165, 1.54) is 24.1 Å². The lowest BCUT2D eigenvalue weighted by Crippen LogP contribution is -2.60. The quantitative estimate of drug-likeness (QED) is 0.615. The third-order valence-corrected chi connectivity index (χ3v) is 7.08. The highest BCUT2D eigenvalue weighted by Crippen LogP contribution is 2.59. The molecule has 1 aliphatic heterocycles. The number of aromatic nitrogens is 1. The summed E-state index contributed by atoms with van der Waals surface area (Å²) in [7, 11) is 1.44. The predicted molar refractivity (Wildman–Crippen MR) is 108 cm³/mol. The summed E-state index contributed by atoms with van der Waals surface area (Å²) in [5, 5.41) is 0. The normalized spacial score (nSPS) is 30.1. The van der Waals surface area contributed by atoms with Crippen molar-refractivity contribution in [3.05, 3.63) is 17.7 Å². The van der Waals surface area contributed by atoms with Crippen molar-refractivity contribution in [2.45, 2.75) is 63.8 Å². The smallest absolute Gasteiger partial charge is 0.391 e. The summed E-state index contributed by atoms with van der Waals surface area (Å²) >= 11 is 0. The lowest BCUT2D eigenvalue weighted by molar-refractivity contribution is -0.175. The number of ether oxygens (including phenoxy) is 2. The number of rotatable bonds is 7. The van der Waals surface area contributed by atoms with Crippen LogP contribution >= 0.6 is 0 Å². The Bertz CT molecular complexity index is 969. The van der Waals surface area contributed by atoms with Gasteiger partial charge in [-0.15, -0.1) is 0 Å². The van der Waals surface area contributed by atoms with Gasteiger partial charge in [-0.25, -0.2) is 0 Å². The van der Waals surface area contributed by atoms with Crippen LogP contribution in [-0.2, 0) is 9.59 Å². The number of primary amides is 1. The van der Waals surface area contributed by atoms with Gasteiger partial charge in [0.25, 0.3) is 5.91 Å². The fourth-order valence-corrected chi connectivity index (χ4v) is 5.26. The number of carbonyl (C=O) groups excluding carboxylic acids is 3. The Morgan fingerprint density at radius 1 is 1.27 bits per heavy atom. The van der Waals surface area contributed by atoms with Gasteiger partial charge in [-0.3, -0.25) is 19.3 Å². The van der Waals surface area contributed by atoms with Crippen molar-refractivity contribution < 1.29 is 37.0 Å². The number of imide groups is 1. The summed E-state index contributed by atoms with van der Waals surface area (Å²) in [6, 6.07) is 2.71. The Kier molecular flexibility index (Phi) is 5.78. The van der Waals surface area contributed by atoms with Crippen molar-refractivity contribution in [1.82, 2.24) is 9.88 Å². The zero-order valence-corrected chi connectivity index (χ0v) is 18.4. The average molecular weight is 469 g/mol. The van der Waals surface area contributed by atoms with Gasteiger partial charge in [0.1, 0.15) is 11.7 Å². The standard InChI is InChI=1S/C22H26F3N3O5/c1-11(22(23,24)25)5-12-6-17(29)28(20(12)31)13-7-21(8-13)9-14(10-21)33-19-15(18(26)30)3-4-16(27-19)32-2/h3-4,11-14H,5-10H2,1-2H3,(H2,26,30)/t11?,12-,13?,14?,21?/m1/s1. The molecule has 1 spiro atoms. The Morgan fingerprint density at radius 2 is 1.94 bits per heavy atom. The molecular formula is C22H26F3N3O5. The molecule has 1 aromatic heterocycles. The summed E-state index contributed by atoms with van der Waals surface area (Å²) in [6.07, 6.45) is -2.60. The third-order valence-electron chi connectivity index (χ3n) is 7.08. The van der Waals surface area contributed by atoms with Crippen molar-refractivity contribution in [2.75, 3.05) is 7.11 Å². The number of alkyl halides is 3. The van der Waals surface area contributed by atoms with Crippen molar-refractivity contribution in [1.29, 1.82) is 0 Å². The van der Waals surface area contributed by atoms with Gasteiger partial charge in [0.05, 0.1) is 13.0 Å². The van der Waals surface area contributed by atoms with Gasteiger partial charge in [0, 0.05) is 24.4 Å². The zero-order valence-electron chi connectivity index (χ0n) is 18.4. The van der Waals surface area contributed by atoms with Crippen LogP contribution in [0.4, 0.5) is 13.2 Å². The highest BCUT2D eigenvalue weighted by molar-refractivity contribution is 6.04. The van der Waals surface area contributed by atoms with E-state index in [0.717, 1.165) is 6.92 Å². The van der Waals surface area contributed by atoms with E-state index in [-0.39, 0.29) is 47.7 Å². The molecule has 3 amide bonds. The molecule has 0 aromatic carbocycles. The van der Waals surface area contributed by atoms with Gasteiger partial charge in [0.15, 0.2) is 0 Å². The highest BCUT2D eigenvalue weighted by Gasteiger charge is 2.58. The largest absolute Gasteiger partial charge is 0.481 e. The molecule has 1 saturated heterocycles. The molecule has 2 N–H and O–H groups in total. The highest BCUT2D eigenvalue weighted by atomic mass is 19.4. The lowest BCUT2D eigenvalue weighted by Gasteiger charge is -2.58. The van der Waals surface area contributed by atoms with Crippen LogP contribution in [0, 0.1) is 17.3 Å². The van der Waals surface area contributed by atoms with Crippen LogP contribution in [0.25, 0.3) is 0 Å². The van der Waals surface area contributed by atoms with E-state index in [2.05, 4.69) is 4.98 Å². The summed E-state index contributed by atoms with van der Waals surface area (Å²) < 4.78 is 49.5. The number of nitrogens with zero attached hydrogens (tertiary/aromatic N) is 2. The maximum absolute atomic E-state index is 12.9. The first-order chi connectivity index (χ1) is 15.4. The summed E-state index contributed by atoms with van der Waals surface area (Å²) in [5.41, 5.74) is 5.44. The van der Waals surface area contributed by atoms with Crippen LogP contribution in [0.3, 0.4) is 0 Å². The average Bonchev–Trinajstić information content (AvgIpc) is 2.94. The van der Waals surface area contributed by atoms with Gasteiger partial charge in [-0.1, -0.05) is 6.92 Å². The van der Waals surface area contributed by atoms with E-state index in [0.29, 0.717) is 25.7 Å². The van der Waals surface area contributed by atoms with Gasteiger partial charge in [-0.2, -0.15) is 18.2 Å². The van der Waals surface area contributed by atoms with Crippen molar-refractivity contribution >= 4 is 17.7 Å². The maximum atomic E-state index is 12.9. The molecule has 1 aromatic rings. The minimum atomic E-state index is -4.38. The number of halogens is 3. The van der Waals surface area contributed by atoms with E-state index in [1.54, 1.807) is 0 Å². The fourth-order valence-electron chi connectivity index (χ4n) is 5.26. The first-order valence-electron chi connectivity index (χ1n) is 10.9. The number of pyridine rings is 1. The number of methoxy groups -OCH3 is 1.